The lowest BCUT2D eigenvalue weighted by molar-refractivity contribution is 0.0242. The highest BCUT2D eigenvalue weighted by molar-refractivity contribution is 5.97. The fourth-order valence-corrected chi connectivity index (χ4v) is 4.35. The molecule has 152 valence electrons. The minimum absolute atomic E-state index is 0. The van der Waals surface area contributed by atoms with E-state index < -0.39 is 0 Å². The number of hydrogen-bond acceptors (Lipinski definition) is 4. The molecule has 0 atom stereocenters. The predicted octanol–water partition coefficient (Wildman–Crippen LogP) is 3.07. The number of anilines is 1. The van der Waals surface area contributed by atoms with Crippen LogP contribution in [0.5, 0.6) is 0 Å². The molecule has 3 aliphatic heterocycles. The third-order valence-electron chi connectivity index (χ3n) is 5.85. The normalized spacial score (nSPS) is 20.7. The van der Waals surface area contributed by atoms with Gasteiger partial charge in [-0.25, -0.2) is 0 Å². The number of likely N-dealkylation sites (tertiary alicyclic amines) is 1. The molecule has 3 heterocycles. The van der Waals surface area contributed by atoms with Crippen LogP contribution < -0.4 is 5.32 Å². The van der Waals surface area contributed by atoms with E-state index in [9.17, 15) is 4.79 Å². The van der Waals surface area contributed by atoms with Crippen LogP contribution in [0.1, 0.15) is 35.2 Å². The number of nitrogens with zero attached hydrogens (tertiary/aromatic N) is 2. The second kappa shape index (κ2) is 10.5. The van der Waals surface area contributed by atoms with Gasteiger partial charge in [-0.05, 0) is 49.3 Å². The monoisotopic (exact) mass is 415 g/mol. The number of ether oxygens (including phenoxy) is 1. The van der Waals surface area contributed by atoms with Crippen molar-refractivity contribution in [3.05, 3.63) is 29.3 Å². The molecule has 2 fully saturated rings. The maximum Gasteiger partial charge on any atom is 0.254 e. The van der Waals surface area contributed by atoms with Gasteiger partial charge in [-0.15, -0.1) is 24.8 Å². The van der Waals surface area contributed by atoms with Crippen LogP contribution in [-0.4, -0.2) is 68.2 Å². The highest BCUT2D eigenvalue weighted by Crippen LogP contribution is 2.28. The van der Waals surface area contributed by atoms with Crippen LogP contribution in [0.3, 0.4) is 0 Å². The maximum atomic E-state index is 13.0. The van der Waals surface area contributed by atoms with Crippen LogP contribution in [0.2, 0.25) is 0 Å². The Kier molecular flexibility index (Phi) is 8.67. The number of hydrogen-bond donors (Lipinski definition) is 1. The standard InChI is InChI=1S/C20H29N3O2.2ClH/c24-20(18-3-1-5-19-17(18)4-2-8-21-19)23-9-6-16(7-10-23)15-22-11-13-25-14-12-22;;/h1,3,5,16,21H,2,4,6-15H2;2*1H. The van der Waals surface area contributed by atoms with Crippen molar-refractivity contribution >= 4 is 36.4 Å². The minimum atomic E-state index is 0. The molecule has 0 spiro atoms. The van der Waals surface area contributed by atoms with E-state index in [1.165, 1.54) is 5.56 Å². The highest BCUT2D eigenvalue weighted by Gasteiger charge is 2.27. The molecular weight excluding hydrogens is 385 g/mol. The summed E-state index contributed by atoms with van der Waals surface area (Å²) in [7, 11) is 0. The van der Waals surface area contributed by atoms with E-state index in [-0.39, 0.29) is 30.7 Å². The zero-order valence-corrected chi connectivity index (χ0v) is 17.5. The molecule has 3 aliphatic rings. The van der Waals surface area contributed by atoms with Gasteiger partial charge in [0.05, 0.1) is 13.2 Å². The van der Waals surface area contributed by atoms with Crippen LogP contribution in [0.25, 0.3) is 0 Å². The largest absolute Gasteiger partial charge is 0.385 e. The van der Waals surface area contributed by atoms with Crippen LogP contribution >= 0.6 is 24.8 Å². The van der Waals surface area contributed by atoms with Gasteiger partial charge in [0.1, 0.15) is 0 Å². The van der Waals surface area contributed by atoms with Crippen molar-refractivity contribution in [3.63, 3.8) is 0 Å². The third kappa shape index (κ3) is 5.29. The number of carbonyl (C=O) groups excluding carboxylic acids is 1. The zero-order chi connectivity index (χ0) is 17.1. The SMILES string of the molecule is Cl.Cl.O=C(c1cccc2c1CCCN2)N1CCC(CN2CCOCC2)CC1. The molecule has 5 nitrogen and oxygen atoms in total. The summed E-state index contributed by atoms with van der Waals surface area (Å²) in [6, 6.07) is 6.11. The Morgan fingerprint density at radius 2 is 1.85 bits per heavy atom. The Labute approximate surface area is 174 Å². The Hall–Kier alpha value is -1.01. The molecule has 0 unspecified atom stereocenters. The topological polar surface area (TPSA) is 44.8 Å². The first-order chi connectivity index (χ1) is 12.3. The van der Waals surface area contributed by atoms with Gasteiger partial charge in [-0.2, -0.15) is 0 Å². The summed E-state index contributed by atoms with van der Waals surface area (Å²) >= 11 is 0. The first-order valence-electron chi connectivity index (χ1n) is 9.76. The minimum Gasteiger partial charge on any atom is -0.385 e. The van der Waals surface area contributed by atoms with Gasteiger partial charge in [0.15, 0.2) is 0 Å². The quantitative estimate of drug-likeness (QED) is 0.823. The van der Waals surface area contributed by atoms with Gasteiger partial charge < -0.3 is 15.0 Å². The summed E-state index contributed by atoms with van der Waals surface area (Å²) in [6.45, 7) is 7.81. The number of halogens is 2. The van der Waals surface area contributed by atoms with Crippen molar-refractivity contribution < 1.29 is 9.53 Å². The zero-order valence-electron chi connectivity index (χ0n) is 15.8. The summed E-state index contributed by atoms with van der Waals surface area (Å²) in [4.78, 5) is 17.6. The van der Waals surface area contributed by atoms with E-state index in [0.29, 0.717) is 5.92 Å². The molecule has 4 rings (SSSR count). The Morgan fingerprint density at radius 3 is 2.59 bits per heavy atom. The van der Waals surface area contributed by atoms with E-state index in [1.54, 1.807) is 0 Å². The van der Waals surface area contributed by atoms with Gasteiger partial charge in [-0.1, -0.05) is 6.07 Å². The van der Waals surface area contributed by atoms with Gasteiger partial charge >= 0.3 is 0 Å². The number of rotatable bonds is 3. The van der Waals surface area contributed by atoms with Crippen molar-refractivity contribution in [1.82, 2.24) is 9.80 Å². The molecule has 1 aromatic carbocycles. The van der Waals surface area contributed by atoms with Crippen LogP contribution in [0, 0.1) is 5.92 Å². The number of piperidine rings is 1. The van der Waals surface area contributed by atoms with Gasteiger partial charge in [0.25, 0.3) is 5.91 Å². The first-order valence-corrected chi connectivity index (χ1v) is 9.76. The number of nitrogens with one attached hydrogen (secondary N) is 1. The van der Waals surface area contributed by atoms with Gasteiger partial charge in [0, 0.05) is 50.5 Å². The summed E-state index contributed by atoms with van der Waals surface area (Å²) in [5, 5.41) is 3.43. The van der Waals surface area contributed by atoms with Crippen molar-refractivity contribution in [2.45, 2.75) is 25.7 Å². The summed E-state index contributed by atoms with van der Waals surface area (Å²) in [5.74, 6) is 0.943. The van der Waals surface area contributed by atoms with Crippen molar-refractivity contribution in [1.29, 1.82) is 0 Å². The van der Waals surface area contributed by atoms with Crippen LogP contribution in [-0.2, 0) is 11.2 Å². The Bertz CT molecular complexity index is 615. The van der Waals surface area contributed by atoms with E-state index in [2.05, 4.69) is 21.2 Å². The lowest BCUT2D eigenvalue weighted by Gasteiger charge is -2.36. The van der Waals surface area contributed by atoms with E-state index in [1.807, 2.05) is 12.1 Å². The van der Waals surface area contributed by atoms with E-state index in [0.717, 1.165) is 89.4 Å². The molecule has 0 saturated carbocycles. The average Bonchev–Trinajstić information content (AvgIpc) is 2.68. The fourth-order valence-electron chi connectivity index (χ4n) is 4.35. The van der Waals surface area contributed by atoms with Crippen LogP contribution in [0.4, 0.5) is 5.69 Å². The van der Waals surface area contributed by atoms with Crippen molar-refractivity contribution in [2.75, 3.05) is 57.8 Å². The highest BCUT2D eigenvalue weighted by atomic mass is 35.5. The molecule has 1 N–H and O–H groups in total. The summed E-state index contributed by atoms with van der Waals surface area (Å²) in [5.41, 5.74) is 3.28. The van der Waals surface area contributed by atoms with Crippen LogP contribution in [0.15, 0.2) is 18.2 Å². The molecular formula is C20H31Cl2N3O2. The Morgan fingerprint density at radius 1 is 1.11 bits per heavy atom. The van der Waals surface area contributed by atoms with E-state index >= 15 is 0 Å². The number of fused-ring (bicyclic) bond motifs is 1. The molecule has 2 saturated heterocycles. The lowest BCUT2D eigenvalue weighted by atomic mass is 9.93. The fraction of sp³-hybridized carbons (Fsp3) is 0.650. The second-order valence-electron chi connectivity index (χ2n) is 7.51. The summed E-state index contributed by atoms with van der Waals surface area (Å²) in [6.07, 6.45) is 4.36. The number of carbonyl (C=O) groups is 1. The van der Waals surface area contributed by atoms with E-state index in [4.69, 9.17) is 4.74 Å². The molecule has 0 aromatic heterocycles. The lowest BCUT2D eigenvalue weighted by Crippen LogP contribution is -2.44. The van der Waals surface area contributed by atoms with Crippen molar-refractivity contribution in [3.8, 4) is 0 Å². The second-order valence-corrected chi connectivity index (χ2v) is 7.51. The number of morpholine rings is 1. The van der Waals surface area contributed by atoms with Crippen molar-refractivity contribution in [2.24, 2.45) is 5.92 Å². The maximum absolute atomic E-state index is 13.0. The molecule has 1 amide bonds. The number of amides is 1. The first kappa shape index (κ1) is 22.3. The average molecular weight is 416 g/mol. The number of benzene rings is 1. The Balaban J connectivity index is 0.00000131. The third-order valence-corrected chi connectivity index (χ3v) is 5.85. The molecule has 0 radical (unpaired) electrons. The summed E-state index contributed by atoms with van der Waals surface area (Å²) < 4.78 is 5.43. The van der Waals surface area contributed by atoms with Gasteiger partial charge in [0.2, 0.25) is 0 Å². The molecule has 0 aliphatic carbocycles. The molecule has 27 heavy (non-hydrogen) atoms. The van der Waals surface area contributed by atoms with Gasteiger partial charge in [-0.3, -0.25) is 9.69 Å². The molecule has 0 bridgehead atoms. The molecule has 1 aromatic rings. The smallest absolute Gasteiger partial charge is 0.254 e. The molecule has 7 heteroatoms. The predicted molar refractivity (Wildman–Crippen MR) is 114 cm³/mol.